The molecule has 4 N–H and O–H groups in total. The molecule has 7 nitrogen and oxygen atoms in total. The maximum Gasteiger partial charge on any atom is 0.274 e. The lowest BCUT2D eigenvalue weighted by atomic mass is 10.1. The van der Waals surface area contributed by atoms with Crippen LogP contribution in [0.25, 0.3) is 10.9 Å². The van der Waals surface area contributed by atoms with Crippen LogP contribution in [0.2, 0.25) is 0 Å². The number of rotatable bonds is 4. The summed E-state index contributed by atoms with van der Waals surface area (Å²) < 4.78 is 5.17. The fraction of sp³-hybridized carbons (Fsp3) is 0.100. The number of fused-ring (bicyclic) bond motifs is 1. The minimum Gasteiger partial charge on any atom is -0.497 e. The van der Waals surface area contributed by atoms with Crippen LogP contribution in [-0.2, 0) is 0 Å². The Morgan fingerprint density at radius 2 is 1.89 bits per heavy atom. The highest BCUT2D eigenvalue weighted by molar-refractivity contribution is 5.98. The predicted octanol–water partition coefficient (Wildman–Crippen LogP) is 2.08. The van der Waals surface area contributed by atoms with Crippen LogP contribution in [0.3, 0.4) is 0 Å². The first-order valence-corrected chi connectivity index (χ1v) is 8.09. The maximum atomic E-state index is 12.2. The van der Waals surface area contributed by atoms with Crippen LogP contribution in [0.4, 0.5) is 0 Å². The van der Waals surface area contributed by atoms with Crippen LogP contribution < -0.4 is 15.5 Å². The van der Waals surface area contributed by atoms with Crippen molar-refractivity contribution < 1.29 is 19.5 Å². The number of amides is 2. The van der Waals surface area contributed by atoms with Crippen molar-refractivity contribution in [3.63, 3.8) is 0 Å². The molecule has 0 aliphatic heterocycles. The number of hydrogen-bond donors (Lipinski definition) is 4. The van der Waals surface area contributed by atoms with Crippen molar-refractivity contribution in [3.8, 4) is 17.6 Å². The number of methoxy groups -OCH3 is 1. The first kappa shape index (κ1) is 18.0. The molecule has 1 aromatic heterocycles. The van der Waals surface area contributed by atoms with E-state index >= 15 is 0 Å². The van der Waals surface area contributed by atoms with Crippen LogP contribution in [-0.4, -0.2) is 35.7 Å². The quantitative estimate of drug-likeness (QED) is 0.324. The zero-order valence-corrected chi connectivity index (χ0v) is 14.5. The summed E-state index contributed by atoms with van der Waals surface area (Å²) in [6.45, 7) is 0.177. The molecular formula is C20H17N3O4. The molecule has 0 bridgehead atoms. The number of carbonyl (C=O) groups excluding carboxylic acids is 2. The van der Waals surface area contributed by atoms with Gasteiger partial charge in [0.25, 0.3) is 11.8 Å². The summed E-state index contributed by atoms with van der Waals surface area (Å²) in [5, 5.41) is 12.2. The minimum absolute atomic E-state index is 0.177. The van der Waals surface area contributed by atoms with Gasteiger partial charge in [-0.25, -0.2) is 5.48 Å². The van der Waals surface area contributed by atoms with E-state index in [1.165, 1.54) is 0 Å². The van der Waals surface area contributed by atoms with Crippen LogP contribution in [0.15, 0.2) is 48.5 Å². The molecule has 2 aromatic carbocycles. The highest BCUT2D eigenvalue weighted by Gasteiger charge is 2.09. The zero-order valence-electron chi connectivity index (χ0n) is 14.5. The fourth-order valence-corrected chi connectivity index (χ4v) is 2.50. The molecule has 0 radical (unpaired) electrons. The second-order valence-corrected chi connectivity index (χ2v) is 5.64. The maximum absolute atomic E-state index is 12.2. The van der Waals surface area contributed by atoms with E-state index in [1.54, 1.807) is 42.9 Å². The Hall–Kier alpha value is -3.76. The van der Waals surface area contributed by atoms with E-state index < -0.39 is 5.91 Å². The van der Waals surface area contributed by atoms with E-state index in [-0.39, 0.29) is 12.5 Å². The van der Waals surface area contributed by atoms with E-state index in [9.17, 15) is 9.59 Å². The Kier molecular flexibility index (Phi) is 5.40. The molecule has 7 heteroatoms. The van der Waals surface area contributed by atoms with Crippen molar-refractivity contribution in [2.45, 2.75) is 0 Å². The number of hydroxylamine groups is 1. The van der Waals surface area contributed by atoms with Gasteiger partial charge in [0.2, 0.25) is 0 Å². The van der Waals surface area contributed by atoms with Gasteiger partial charge in [0.05, 0.1) is 13.7 Å². The van der Waals surface area contributed by atoms with Gasteiger partial charge in [-0.15, -0.1) is 0 Å². The summed E-state index contributed by atoms with van der Waals surface area (Å²) in [5.41, 5.74) is 3.87. The topological polar surface area (TPSA) is 103 Å². The van der Waals surface area contributed by atoms with Crippen molar-refractivity contribution in [1.82, 2.24) is 15.8 Å². The van der Waals surface area contributed by atoms with Gasteiger partial charge in [-0.05, 0) is 48.5 Å². The summed E-state index contributed by atoms with van der Waals surface area (Å²) in [6.07, 6.45) is 0. The lowest BCUT2D eigenvalue weighted by molar-refractivity contribution is 0.0706. The van der Waals surface area contributed by atoms with Crippen LogP contribution in [0.1, 0.15) is 26.4 Å². The molecule has 2 amide bonds. The van der Waals surface area contributed by atoms with Crippen molar-refractivity contribution in [1.29, 1.82) is 0 Å². The van der Waals surface area contributed by atoms with Crippen molar-refractivity contribution >= 4 is 22.7 Å². The van der Waals surface area contributed by atoms with Gasteiger partial charge in [-0.1, -0.05) is 11.8 Å². The molecule has 0 atom stereocenters. The van der Waals surface area contributed by atoms with Gasteiger partial charge in [0.15, 0.2) is 0 Å². The van der Waals surface area contributed by atoms with E-state index in [4.69, 9.17) is 9.94 Å². The Bertz CT molecular complexity index is 1040. The Morgan fingerprint density at radius 1 is 1.11 bits per heavy atom. The van der Waals surface area contributed by atoms with Gasteiger partial charge in [-0.2, -0.15) is 0 Å². The first-order valence-electron chi connectivity index (χ1n) is 8.09. The highest BCUT2D eigenvalue weighted by Crippen LogP contribution is 2.21. The van der Waals surface area contributed by atoms with Crippen molar-refractivity contribution in [3.05, 3.63) is 65.4 Å². The molecule has 0 saturated heterocycles. The molecule has 0 unspecified atom stereocenters. The molecule has 136 valence electrons. The normalized spacial score (nSPS) is 10.0. The molecule has 0 fully saturated rings. The summed E-state index contributed by atoms with van der Waals surface area (Å²) in [6, 6.07) is 13.7. The number of hydrogen-bond acceptors (Lipinski definition) is 4. The Morgan fingerprint density at radius 3 is 2.59 bits per heavy atom. The van der Waals surface area contributed by atoms with E-state index in [2.05, 4.69) is 22.1 Å². The molecule has 27 heavy (non-hydrogen) atoms. The molecule has 3 aromatic rings. The number of aromatic amines is 1. The number of H-pyrrole nitrogens is 1. The van der Waals surface area contributed by atoms with E-state index in [1.807, 2.05) is 18.2 Å². The molecule has 1 heterocycles. The van der Waals surface area contributed by atoms with Gasteiger partial charge in [0.1, 0.15) is 11.4 Å². The second kappa shape index (κ2) is 8.08. The van der Waals surface area contributed by atoms with Crippen LogP contribution in [0.5, 0.6) is 5.75 Å². The molecular weight excluding hydrogens is 346 g/mol. The molecule has 0 spiro atoms. The summed E-state index contributed by atoms with van der Waals surface area (Å²) in [5.74, 6) is 5.63. The van der Waals surface area contributed by atoms with E-state index in [0.29, 0.717) is 16.8 Å². The van der Waals surface area contributed by atoms with Gasteiger partial charge in [-0.3, -0.25) is 14.8 Å². The second-order valence-electron chi connectivity index (χ2n) is 5.64. The highest BCUT2D eigenvalue weighted by atomic mass is 16.5. The third-order valence-corrected chi connectivity index (χ3v) is 3.89. The number of carbonyl (C=O) groups is 2. The Labute approximate surface area is 155 Å². The number of aromatic nitrogens is 1. The smallest absolute Gasteiger partial charge is 0.274 e. The van der Waals surface area contributed by atoms with Gasteiger partial charge in [0, 0.05) is 22.0 Å². The number of nitrogens with one attached hydrogen (secondary N) is 3. The lowest BCUT2D eigenvalue weighted by Gasteiger charge is -1.98. The average molecular weight is 363 g/mol. The molecule has 0 aliphatic rings. The van der Waals surface area contributed by atoms with Crippen molar-refractivity contribution in [2.24, 2.45) is 0 Å². The number of benzene rings is 2. The standard InChI is InChI=1S/C20H17N3O4/c1-27-16-8-9-17-15(11-16)12-18(22-17)20(25)21-10-2-3-13-4-6-14(7-5-13)19(24)23-26/h4-9,11-12,22,26H,10H2,1H3,(H,21,25)(H,23,24). The van der Waals surface area contributed by atoms with Gasteiger partial charge >= 0.3 is 0 Å². The molecule has 0 aliphatic carbocycles. The SMILES string of the molecule is COc1ccc2[nH]c(C(=O)NCC#Cc3ccc(C(=O)NO)cc3)cc2c1. The third-order valence-electron chi connectivity index (χ3n) is 3.89. The largest absolute Gasteiger partial charge is 0.497 e. The Balaban J connectivity index is 1.60. The van der Waals surface area contributed by atoms with E-state index in [0.717, 1.165) is 16.7 Å². The molecule has 0 saturated carbocycles. The molecule has 3 rings (SSSR count). The minimum atomic E-state index is -0.585. The third kappa shape index (κ3) is 4.26. The zero-order chi connectivity index (χ0) is 19.2. The van der Waals surface area contributed by atoms with Crippen LogP contribution >= 0.6 is 0 Å². The summed E-state index contributed by atoms with van der Waals surface area (Å²) in [4.78, 5) is 26.5. The lowest BCUT2D eigenvalue weighted by Crippen LogP contribution is -2.23. The van der Waals surface area contributed by atoms with Crippen LogP contribution in [0, 0.1) is 11.8 Å². The first-order chi connectivity index (χ1) is 13.1. The monoisotopic (exact) mass is 363 g/mol. The number of ether oxygens (including phenoxy) is 1. The van der Waals surface area contributed by atoms with Crippen molar-refractivity contribution in [2.75, 3.05) is 13.7 Å². The van der Waals surface area contributed by atoms with Gasteiger partial charge < -0.3 is 15.0 Å². The fourth-order valence-electron chi connectivity index (χ4n) is 2.50. The average Bonchev–Trinajstić information content (AvgIpc) is 3.14. The summed E-state index contributed by atoms with van der Waals surface area (Å²) >= 11 is 0. The predicted molar refractivity (Wildman–Crippen MR) is 99.8 cm³/mol. The summed E-state index contributed by atoms with van der Waals surface area (Å²) in [7, 11) is 1.59.